The van der Waals surface area contributed by atoms with Crippen LogP contribution in [0.3, 0.4) is 0 Å². The maximum Gasteiger partial charge on any atom is 0.196 e. The molecule has 128 valence electrons. The first kappa shape index (κ1) is 16.9. The minimum atomic E-state index is -0.577. The van der Waals surface area contributed by atoms with Gasteiger partial charge in [-0.3, -0.25) is 9.55 Å². The fraction of sp³-hybridized carbons (Fsp3) is 0.278. The van der Waals surface area contributed by atoms with Crippen molar-refractivity contribution in [2.75, 3.05) is 5.75 Å². The highest BCUT2D eigenvalue weighted by Crippen LogP contribution is 2.54. The molecule has 0 bridgehead atoms. The Kier molecular flexibility index (Phi) is 4.48. The SMILES string of the molecule is Cc1ccccc1-n1c(SCC2CC2(Cl)Cl)nnc1-c1cccnc1. The van der Waals surface area contributed by atoms with Crippen LogP contribution in [0.15, 0.2) is 53.9 Å². The Bertz CT molecular complexity index is 895. The van der Waals surface area contributed by atoms with Crippen LogP contribution in [0.25, 0.3) is 17.1 Å². The number of hydrogen-bond acceptors (Lipinski definition) is 4. The van der Waals surface area contributed by atoms with E-state index in [1.807, 2.05) is 24.3 Å². The average Bonchev–Trinajstić information content (AvgIpc) is 3.03. The quantitative estimate of drug-likeness (QED) is 0.457. The zero-order chi connectivity index (χ0) is 17.4. The van der Waals surface area contributed by atoms with Crippen molar-refractivity contribution in [2.24, 2.45) is 5.92 Å². The number of pyridine rings is 1. The predicted octanol–water partition coefficient (Wildman–Crippen LogP) is 4.92. The second kappa shape index (κ2) is 6.63. The molecule has 2 heterocycles. The van der Waals surface area contributed by atoms with Crippen LogP contribution in [-0.4, -0.2) is 29.8 Å². The molecule has 0 saturated heterocycles. The van der Waals surface area contributed by atoms with Crippen LogP contribution in [-0.2, 0) is 0 Å². The molecule has 7 heteroatoms. The van der Waals surface area contributed by atoms with Gasteiger partial charge in [-0.25, -0.2) is 0 Å². The first-order valence-electron chi connectivity index (χ1n) is 7.99. The number of aromatic nitrogens is 4. The monoisotopic (exact) mass is 390 g/mol. The molecular weight excluding hydrogens is 375 g/mol. The van der Waals surface area contributed by atoms with Gasteiger partial charge in [0.1, 0.15) is 4.33 Å². The number of aryl methyl sites for hydroxylation is 1. The maximum atomic E-state index is 6.16. The molecule has 1 aromatic carbocycles. The third kappa shape index (κ3) is 3.41. The van der Waals surface area contributed by atoms with Crippen molar-refractivity contribution >= 4 is 35.0 Å². The average molecular weight is 391 g/mol. The van der Waals surface area contributed by atoms with Crippen LogP contribution >= 0.6 is 35.0 Å². The Labute approximate surface area is 160 Å². The zero-order valence-corrected chi connectivity index (χ0v) is 15.9. The van der Waals surface area contributed by atoms with Gasteiger partial charge in [-0.15, -0.1) is 33.4 Å². The number of hydrogen-bond donors (Lipinski definition) is 0. The molecule has 25 heavy (non-hydrogen) atoms. The molecule has 0 spiro atoms. The van der Waals surface area contributed by atoms with E-state index in [1.165, 1.54) is 0 Å². The highest BCUT2D eigenvalue weighted by atomic mass is 35.5. The molecule has 0 amide bonds. The van der Waals surface area contributed by atoms with Crippen molar-refractivity contribution in [3.05, 3.63) is 54.4 Å². The van der Waals surface area contributed by atoms with Gasteiger partial charge in [0.25, 0.3) is 0 Å². The molecule has 1 unspecified atom stereocenters. The van der Waals surface area contributed by atoms with Gasteiger partial charge < -0.3 is 0 Å². The summed E-state index contributed by atoms with van der Waals surface area (Å²) in [6, 6.07) is 12.1. The van der Waals surface area contributed by atoms with Crippen molar-refractivity contribution < 1.29 is 0 Å². The summed E-state index contributed by atoms with van der Waals surface area (Å²) in [7, 11) is 0. The van der Waals surface area contributed by atoms with E-state index in [9.17, 15) is 0 Å². The molecule has 0 aliphatic heterocycles. The Morgan fingerprint density at radius 3 is 2.68 bits per heavy atom. The fourth-order valence-corrected chi connectivity index (χ4v) is 4.58. The highest BCUT2D eigenvalue weighted by molar-refractivity contribution is 7.99. The summed E-state index contributed by atoms with van der Waals surface area (Å²) in [5, 5.41) is 9.68. The maximum absolute atomic E-state index is 6.16. The Hall–Kier alpha value is -1.56. The van der Waals surface area contributed by atoms with E-state index in [0.717, 1.165) is 40.0 Å². The van der Waals surface area contributed by atoms with Gasteiger partial charge in [0.15, 0.2) is 11.0 Å². The van der Waals surface area contributed by atoms with Crippen molar-refractivity contribution in [2.45, 2.75) is 22.8 Å². The Morgan fingerprint density at radius 2 is 2.00 bits per heavy atom. The summed E-state index contributed by atoms with van der Waals surface area (Å²) in [5.41, 5.74) is 3.15. The van der Waals surface area contributed by atoms with Crippen LogP contribution < -0.4 is 0 Å². The van der Waals surface area contributed by atoms with Gasteiger partial charge in [0.05, 0.1) is 5.69 Å². The van der Waals surface area contributed by atoms with E-state index >= 15 is 0 Å². The standard InChI is InChI=1S/C18H16Cl2N4S/c1-12-5-2-3-7-15(12)24-16(13-6-4-8-21-10-13)22-23-17(24)25-11-14-9-18(14,19)20/h2-8,10,14H,9,11H2,1H3. The Balaban J connectivity index is 1.74. The van der Waals surface area contributed by atoms with Crippen LogP contribution in [0, 0.1) is 12.8 Å². The number of alkyl halides is 2. The van der Waals surface area contributed by atoms with Crippen molar-refractivity contribution in [1.29, 1.82) is 0 Å². The third-order valence-corrected chi connectivity index (χ3v) is 6.30. The van der Waals surface area contributed by atoms with E-state index in [4.69, 9.17) is 23.2 Å². The first-order valence-corrected chi connectivity index (χ1v) is 9.73. The van der Waals surface area contributed by atoms with Gasteiger partial charge in [0.2, 0.25) is 0 Å². The lowest BCUT2D eigenvalue weighted by molar-refractivity contribution is 0.872. The van der Waals surface area contributed by atoms with Gasteiger partial charge in [0, 0.05) is 29.6 Å². The smallest absolute Gasteiger partial charge is 0.196 e. The van der Waals surface area contributed by atoms with Crippen molar-refractivity contribution in [3.8, 4) is 17.1 Å². The molecule has 4 rings (SSSR count). The lowest BCUT2D eigenvalue weighted by Gasteiger charge is -2.12. The summed E-state index contributed by atoms with van der Waals surface area (Å²) < 4.78 is 1.51. The lowest BCUT2D eigenvalue weighted by atomic mass is 10.2. The van der Waals surface area contributed by atoms with Crippen LogP contribution in [0.1, 0.15) is 12.0 Å². The molecule has 2 aromatic heterocycles. The summed E-state index contributed by atoms with van der Waals surface area (Å²) in [6.07, 6.45) is 4.38. The normalized spacial score (nSPS) is 18.3. The van der Waals surface area contributed by atoms with Crippen molar-refractivity contribution in [3.63, 3.8) is 0 Å². The minimum absolute atomic E-state index is 0.296. The summed E-state index contributed by atoms with van der Waals surface area (Å²) in [4.78, 5) is 4.21. The number of thioether (sulfide) groups is 1. The molecule has 1 aliphatic carbocycles. The molecule has 4 nitrogen and oxygen atoms in total. The largest absolute Gasteiger partial charge is 0.270 e. The molecule has 0 radical (unpaired) electrons. The van der Waals surface area contributed by atoms with Gasteiger partial charge in [-0.1, -0.05) is 30.0 Å². The van der Waals surface area contributed by atoms with Gasteiger partial charge in [-0.05, 0) is 37.1 Å². The predicted molar refractivity (Wildman–Crippen MR) is 103 cm³/mol. The molecule has 0 N–H and O–H groups in total. The molecule has 1 atom stereocenters. The van der Waals surface area contributed by atoms with Gasteiger partial charge in [-0.2, -0.15) is 0 Å². The second-order valence-electron chi connectivity index (χ2n) is 6.14. The summed E-state index contributed by atoms with van der Waals surface area (Å²) in [5.74, 6) is 1.90. The number of halogens is 2. The zero-order valence-electron chi connectivity index (χ0n) is 13.6. The van der Waals surface area contributed by atoms with E-state index in [0.29, 0.717) is 5.92 Å². The molecule has 1 aliphatic rings. The number of para-hydroxylation sites is 1. The molecule has 3 aromatic rings. The van der Waals surface area contributed by atoms with E-state index in [1.54, 1.807) is 24.2 Å². The van der Waals surface area contributed by atoms with Crippen LogP contribution in [0.4, 0.5) is 0 Å². The van der Waals surface area contributed by atoms with E-state index < -0.39 is 4.33 Å². The number of rotatable bonds is 5. The number of nitrogens with zero attached hydrogens (tertiary/aromatic N) is 4. The van der Waals surface area contributed by atoms with Gasteiger partial charge >= 0.3 is 0 Å². The van der Waals surface area contributed by atoms with E-state index in [2.05, 4.69) is 38.8 Å². The third-order valence-electron chi connectivity index (χ3n) is 4.28. The van der Waals surface area contributed by atoms with Crippen molar-refractivity contribution in [1.82, 2.24) is 19.7 Å². The highest BCUT2D eigenvalue weighted by Gasteiger charge is 2.51. The first-order chi connectivity index (χ1) is 12.1. The summed E-state index contributed by atoms with van der Waals surface area (Å²) >= 11 is 14.0. The lowest BCUT2D eigenvalue weighted by Crippen LogP contribution is -2.03. The van der Waals surface area contributed by atoms with Crippen LogP contribution in [0.2, 0.25) is 0 Å². The molecular formula is C18H16Cl2N4S. The Morgan fingerprint density at radius 1 is 1.20 bits per heavy atom. The topological polar surface area (TPSA) is 43.6 Å². The number of benzene rings is 1. The molecule has 1 saturated carbocycles. The molecule has 1 fully saturated rings. The fourth-order valence-electron chi connectivity index (χ4n) is 2.70. The summed E-state index contributed by atoms with van der Waals surface area (Å²) in [6.45, 7) is 2.08. The minimum Gasteiger partial charge on any atom is -0.270 e. The van der Waals surface area contributed by atoms with E-state index in [-0.39, 0.29) is 0 Å². The second-order valence-corrected chi connectivity index (χ2v) is 8.67. The van der Waals surface area contributed by atoms with Crippen LogP contribution in [0.5, 0.6) is 0 Å².